The third-order valence-electron chi connectivity index (χ3n) is 6.44. The van der Waals surface area contributed by atoms with Crippen LogP contribution in [0, 0.1) is 0 Å². The van der Waals surface area contributed by atoms with Gasteiger partial charge >= 0.3 is 18.0 Å². The van der Waals surface area contributed by atoms with E-state index in [0.717, 1.165) is 56.9 Å². The van der Waals surface area contributed by atoms with Crippen LogP contribution in [0.25, 0.3) is 0 Å². The van der Waals surface area contributed by atoms with E-state index in [0.29, 0.717) is 0 Å². The van der Waals surface area contributed by atoms with E-state index in [1.54, 1.807) is 0 Å². The second-order valence-electron chi connectivity index (χ2n) is 8.89. The van der Waals surface area contributed by atoms with Crippen molar-refractivity contribution < 1.29 is 28.7 Å². The topological polar surface area (TPSA) is 94.2 Å². The normalized spacial score (nSPS) is 18.4. The Labute approximate surface area is 195 Å². The summed E-state index contributed by atoms with van der Waals surface area (Å²) in [5.74, 6) is -1.27. The minimum absolute atomic E-state index is 0.0577. The number of alkyl carbamates (subject to hydrolysis) is 1. The summed E-state index contributed by atoms with van der Waals surface area (Å²) in [7, 11) is 1.22. The first-order valence-corrected chi connectivity index (χ1v) is 12.1. The monoisotopic (exact) mass is 460 g/mol. The standard InChI is InChI=1S/C25H36N2O6/c1-31-24(29)22(26-25(30)32-18-19-11-5-2-6-12-19)17-23(28)33-27(20-13-7-3-8-14-20)21-15-9-4-10-16-21/h2,5-6,11-12,20-22H,3-4,7-10,13-18H2,1H3,(H,26,30)/t22-/m0/s1. The van der Waals surface area contributed by atoms with Crippen molar-refractivity contribution in [2.24, 2.45) is 0 Å². The maximum absolute atomic E-state index is 12.9. The molecule has 2 fully saturated rings. The SMILES string of the molecule is COC(=O)[C@H](CC(=O)ON(C1CCCCC1)C1CCCCC1)NC(=O)OCc1ccccc1. The number of carbonyl (C=O) groups is 3. The molecule has 0 saturated heterocycles. The molecule has 3 rings (SSSR count). The number of nitrogens with one attached hydrogen (secondary N) is 1. The maximum atomic E-state index is 12.9. The summed E-state index contributed by atoms with van der Waals surface area (Å²) in [5.41, 5.74) is 0.817. The highest BCUT2D eigenvalue weighted by Gasteiger charge is 2.34. The number of nitrogens with zero attached hydrogens (tertiary/aromatic N) is 1. The van der Waals surface area contributed by atoms with Crippen LogP contribution in [-0.4, -0.2) is 48.3 Å². The lowest BCUT2D eigenvalue weighted by Gasteiger charge is -2.39. The molecule has 1 N–H and O–H groups in total. The number of ether oxygens (including phenoxy) is 2. The molecule has 1 amide bonds. The van der Waals surface area contributed by atoms with Crippen molar-refractivity contribution in [3.63, 3.8) is 0 Å². The van der Waals surface area contributed by atoms with Gasteiger partial charge in [0.15, 0.2) is 0 Å². The highest BCUT2D eigenvalue weighted by atomic mass is 16.7. The highest BCUT2D eigenvalue weighted by molar-refractivity contribution is 5.86. The molecule has 0 bridgehead atoms. The number of methoxy groups -OCH3 is 1. The molecule has 2 saturated carbocycles. The predicted octanol–water partition coefficient (Wildman–Crippen LogP) is 4.27. The Morgan fingerprint density at radius 2 is 1.52 bits per heavy atom. The van der Waals surface area contributed by atoms with Gasteiger partial charge in [-0.1, -0.05) is 68.9 Å². The summed E-state index contributed by atoms with van der Waals surface area (Å²) in [4.78, 5) is 43.2. The highest BCUT2D eigenvalue weighted by Crippen LogP contribution is 2.30. The molecular weight excluding hydrogens is 424 g/mol. The summed E-state index contributed by atoms with van der Waals surface area (Å²) in [6, 6.07) is 8.46. The van der Waals surface area contributed by atoms with E-state index in [1.807, 2.05) is 35.4 Å². The Kier molecular flexibility index (Phi) is 10.00. The lowest BCUT2D eigenvalue weighted by atomic mass is 9.90. The first-order valence-electron chi connectivity index (χ1n) is 12.1. The molecule has 1 aromatic carbocycles. The van der Waals surface area contributed by atoms with E-state index in [-0.39, 0.29) is 25.1 Å². The van der Waals surface area contributed by atoms with Crippen LogP contribution in [-0.2, 0) is 30.5 Å². The fourth-order valence-electron chi connectivity index (χ4n) is 4.68. The van der Waals surface area contributed by atoms with Gasteiger partial charge in [-0.05, 0) is 31.2 Å². The molecule has 1 atom stereocenters. The predicted molar refractivity (Wildman–Crippen MR) is 122 cm³/mol. The Hall–Kier alpha value is -2.61. The number of hydrogen-bond donors (Lipinski definition) is 1. The number of benzene rings is 1. The lowest BCUT2D eigenvalue weighted by Crippen LogP contribution is -2.48. The number of hydrogen-bond acceptors (Lipinski definition) is 7. The summed E-state index contributed by atoms with van der Waals surface area (Å²) in [6.07, 6.45) is 9.86. The van der Waals surface area contributed by atoms with Crippen molar-refractivity contribution in [2.75, 3.05) is 7.11 Å². The average Bonchev–Trinajstić information content (AvgIpc) is 2.87. The molecule has 0 radical (unpaired) electrons. The molecule has 0 aliphatic heterocycles. The van der Waals surface area contributed by atoms with Crippen molar-refractivity contribution in [1.82, 2.24) is 10.4 Å². The number of amides is 1. The van der Waals surface area contributed by atoms with Gasteiger partial charge in [0.25, 0.3) is 0 Å². The molecule has 8 nitrogen and oxygen atoms in total. The molecule has 1 aromatic rings. The minimum Gasteiger partial charge on any atom is -0.467 e. The number of hydroxylamine groups is 2. The quantitative estimate of drug-likeness (QED) is 0.434. The number of carbonyl (C=O) groups excluding carboxylic acids is 3. The molecule has 0 unspecified atom stereocenters. The van der Waals surface area contributed by atoms with E-state index in [4.69, 9.17) is 14.3 Å². The van der Waals surface area contributed by atoms with E-state index in [9.17, 15) is 14.4 Å². The van der Waals surface area contributed by atoms with Crippen molar-refractivity contribution in [1.29, 1.82) is 0 Å². The largest absolute Gasteiger partial charge is 0.467 e. The zero-order valence-electron chi connectivity index (χ0n) is 19.5. The fraction of sp³-hybridized carbons (Fsp3) is 0.640. The van der Waals surface area contributed by atoms with Gasteiger partial charge in [-0.25, -0.2) is 9.59 Å². The van der Waals surface area contributed by atoms with Crippen molar-refractivity contribution in [3.05, 3.63) is 35.9 Å². The Balaban J connectivity index is 1.57. The van der Waals surface area contributed by atoms with Crippen LogP contribution < -0.4 is 5.32 Å². The Morgan fingerprint density at radius 1 is 0.939 bits per heavy atom. The van der Waals surface area contributed by atoms with Crippen LogP contribution in [0.3, 0.4) is 0 Å². The van der Waals surface area contributed by atoms with Crippen LogP contribution in [0.15, 0.2) is 30.3 Å². The van der Waals surface area contributed by atoms with Gasteiger partial charge in [-0.3, -0.25) is 4.79 Å². The summed E-state index contributed by atoms with van der Waals surface area (Å²) < 4.78 is 9.97. The van der Waals surface area contributed by atoms with Gasteiger partial charge in [0.2, 0.25) is 0 Å². The van der Waals surface area contributed by atoms with Gasteiger partial charge in [-0.2, -0.15) is 0 Å². The summed E-state index contributed by atoms with van der Waals surface area (Å²) in [6.45, 7) is 0.0577. The van der Waals surface area contributed by atoms with Crippen molar-refractivity contribution >= 4 is 18.0 Å². The molecule has 33 heavy (non-hydrogen) atoms. The van der Waals surface area contributed by atoms with Gasteiger partial charge < -0.3 is 19.6 Å². The maximum Gasteiger partial charge on any atom is 0.408 e. The molecule has 0 spiro atoms. The van der Waals surface area contributed by atoms with E-state index in [1.165, 1.54) is 20.0 Å². The molecule has 8 heteroatoms. The molecular formula is C25H36N2O6. The molecule has 0 aromatic heterocycles. The minimum atomic E-state index is -1.18. The van der Waals surface area contributed by atoms with Crippen LogP contribution in [0.5, 0.6) is 0 Å². The third-order valence-corrected chi connectivity index (χ3v) is 6.44. The van der Waals surface area contributed by atoms with Crippen LogP contribution >= 0.6 is 0 Å². The Morgan fingerprint density at radius 3 is 2.06 bits per heavy atom. The fourth-order valence-corrected chi connectivity index (χ4v) is 4.68. The Bertz CT molecular complexity index is 741. The summed E-state index contributed by atoms with van der Waals surface area (Å²) in [5, 5.41) is 4.35. The van der Waals surface area contributed by atoms with Crippen LogP contribution in [0.4, 0.5) is 4.79 Å². The average molecular weight is 461 g/mol. The zero-order valence-corrected chi connectivity index (χ0v) is 19.5. The van der Waals surface area contributed by atoms with E-state index >= 15 is 0 Å². The number of esters is 1. The number of rotatable bonds is 9. The first kappa shape index (κ1) is 25.0. The zero-order chi connectivity index (χ0) is 23.5. The lowest BCUT2D eigenvalue weighted by molar-refractivity contribution is -0.223. The summed E-state index contributed by atoms with van der Waals surface area (Å²) >= 11 is 0. The molecule has 2 aliphatic carbocycles. The smallest absolute Gasteiger partial charge is 0.408 e. The van der Waals surface area contributed by atoms with E-state index < -0.39 is 24.1 Å². The van der Waals surface area contributed by atoms with Gasteiger partial charge in [0, 0.05) is 12.1 Å². The third kappa shape index (κ3) is 8.03. The molecule has 182 valence electrons. The van der Waals surface area contributed by atoms with Crippen molar-refractivity contribution in [2.45, 2.75) is 95.4 Å². The van der Waals surface area contributed by atoms with Crippen molar-refractivity contribution in [3.8, 4) is 0 Å². The van der Waals surface area contributed by atoms with E-state index in [2.05, 4.69) is 5.32 Å². The second kappa shape index (κ2) is 13.2. The second-order valence-corrected chi connectivity index (χ2v) is 8.89. The van der Waals surface area contributed by atoms with Gasteiger partial charge in [0.1, 0.15) is 12.6 Å². The molecule has 0 heterocycles. The van der Waals surface area contributed by atoms with Crippen LogP contribution in [0.2, 0.25) is 0 Å². The van der Waals surface area contributed by atoms with Gasteiger partial charge in [-0.15, -0.1) is 5.06 Å². The first-order chi connectivity index (χ1) is 16.1. The van der Waals surface area contributed by atoms with Gasteiger partial charge in [0.05, 0.1) is 13.5 Å². The molecule has 2 aliphatic rings. The van der Waals surface area contributed by atoms with Crippen LogP contribution in [0.1, 0.15) is 76.2 Å².